The number of hydrogen-bond acceptors (Lipinski definition) is 4. The number of nitrogens with one attached hydrogen (secondary N) is 2. The second-order valence-corrected chi connectivity index (χ2v) is 8.65. The Balaban J connectivity index is 1.44. The highest BCUT2D eigenvalue weighted by molar-refractivity contribution is 9.10. The van der Waals surface area contributed by atoms with Gasteiger partial charge in [-0.25, -0.2) is 0 Å². The van der Waals surface area contributed by atoms with Crippen molar-refractivity contribution in [3.63, 3.8) is 0 Å². The fourth-order valence-electron chi connectivity index (χ4n) is 3.36. The van der Waals surface area contributed by atoms with Crippen LogP contribution < -0.4 is 10.6 Å². The summed E-state index contributed by atoms with van der Waals surface area (Å²) in [6.45, 7) is 0.221. The lowest BCUT2D eigenvalue weighted by Gasteiger charge is -2.15. The number of halogens is 2. The molecule has 6 nitrogen and oxygen atoms in total. The van der Waals surface area contributed by atoms with Crippen molar-refractivity contribution in [3.8, 4) is 0 Å². The highest BCUT2D eigenvalue weighted by Crippen LogP contribution is 2.26. The molecule has 3 aromatic rings. The Morgan fingerprint density at radius 3 is 2.33 bits per heavy atom. The van der Waals surface area contributed by atoms with Crippen molar-refractivity contribution in [2.45, 2.75) is 6.42 Å². The Bertz CT molecular complexity index is 1240. The van der Waals surface area contributed by atoms with Gasteiger partial charge in [-0.15, -0.1) is 0 Å². The molecule has 0 unspecified atom stereocenters. The van der Waals surface area contributed by atoms with Gasteiger partial charge in [0.1, 0.15) is 10.7 Å². The molecule has 33 heavy (non-hydrogen) atoms. The first-order chi connectivity index (χ1) is 15.9. The van der Waals surface area contributed by atoms with Crippen molar-refractivity contribution >= 4 is 56.6 Å². The number of nitrogens with zero attached hydrogens (tertiary/aromatic N) is 1. The molecule has 0 spiro atoms. The van der Waals surface area contributed by atoms with E-state index in [0.29, 0.717) is 23.4 Å². The predicted molar refractivity (Wildman–Crippen MR) is 132 cm³/mol. The number of carbonyl (C=O) groups excluding carboxylic acids is 3. The van der Waals surface area contributed by atoms with Crippen molar-refractivity contribution < 1.29 is 14.4 Å². The summed E-state index contributed by atoms with van der Waals surface area (Å²) in [4.78, 5) is 39.2. The van der Waals surface area contributed by atoms with E-state index < -0.39 is 11.8 Å². The van der Waals surface area contributed by atoms with Gasteiger partial charge in [0.05, 0.1) is 0 Å². The molecule has 8 heteroatoms. The van der Waals surface area contributed by atoms with Crippen molar-refractivity contribution in [1.82, 2.24) is 4.90 Å². The summed E-state index contributed by atoms with van der Waals surface area (Å²) in [5, 5.41) is 5.56. The van der Waals surface area contributed by atoms with Crippen LogP contribution in [0.2, 0.25) is 0 Å². The van der Waals surface area contributed by atoms with E-state index in [4.69, 9.17) is 11.6 Å². The smallest absolute Gasteiger partial charge is 0.278 e. The number of benzene rings is 3. The number of amides is 3. The van der Waals surface area contributed by atoms with Gasteiger partial charge in [0.25, 0.3) is 17.7 Å². The first-order valence-corrected chi connectivity index (χ1v) is 11.3. The average molecular weight is 525 g/mol. The molecule has 3 amide bonds. The van der Waals surface area contributed by atoms with Crippen LogP contribution in [-0.2, 0) is 16.0 Å². The van der Waals surface area contributed by atoms with Crippen molar-refractivity contribution in [2.75, 3.05) is 17.2 Å². The normalized spacial score (nSPS) is 13.5. The molecule has 1 aliphatic heterocycles. The molecule has 0 fully saturated rings. The third-order valence-corrected chi connectivity index (χ3v) is 5.95. The Morgan fingerprint density at radius 1 is 0.879 bits per heavy atom. The van der Waals surface area contributed by atoms with Crippen LogP contribution >= 0.6 is 27.5 Å². The lowest BCUT2D eigenvalue weighted by atomic mass is 10.1. The third-order valence-electron chi connectivity index (χ3n) is 5.07. The summed E-state index contributed by atoms with van der Waals surface area (Å²) < 4.78 is 0.908. The second-order valence-electron chi connectivity index (χ2n) is 7.35. The van der Waals surface area contributed by atoms with E-state index in [1.807, 2.05) is 42.5 Å². The number of imide groups is 1. The molecule has 0 bridgehead atoms. The molecule has 4 rings (SSSR count). The molecule has 1 heterocycles. The number of anilines is 2. The third kappa shape index (κ3) is 5.32. The van der Waals surface area contributed by atoms with Crippen molar-refractivity contribution in [3.05, 3.63) is 105 Å². The minimum Gasteiger partial charge on any atom is -0.350 e. The van der Waals surface area contributed by atoms with Crippen LogP contribution in [0.25, 0.3) is 0 Å². The van der Waals surface area contributed by atoms with E-state index in [2.05, 4.69) is 26.6 Å². The summed E-state index contributed by atoms with van der Waals surface area (Å²) in [7, 11) is 0. The molecular weight excluding hydrogens is 506 g/mol. The fourth-order valence-corrected chi connectivity index (χ4v) is 3.86. The zero-order chi connectivity index (χ0) is 23.4. The van der Waals surface area contributed by atoms with Gasteiger partial charge in [-0.1, -0.05) is 63.9 Å². The molecule has 0 atom stereocenters. The molecule has 0 aromatic heterocycles. The summed E-state index contributed by atoms with van der Waals surface area (Å²) in [6, 6.07) is 23.4. The standard InChI is InChI=1S/C25H19BrClN3O3/c26-18-9-11-19(12-10-18)29-23(31)17-7-4-8-20(15-17)28-22-21(27)24(32)30(25(22)33)14-13-16-5-2-1-3-6-16/h1-12,15,28H,13-14H2,(H,29,31). The SMILES string of the molecule is O=C(Nc1ccc(Br)cc1)c1cccc(NC2=C(Cl)C(=O)N(CCc3ccccc3)C2=O)c1. The first kappa shape index (κ1) is 22.8. The Morgan fingerprint density at radius 2 is 1.61 bits per heavy atom. The summed E-state index contributed by atoms with van der Waals surface area (Å²) in [5.74, 6) is -1.34. The number of rotatable bonds is 7. The van der Waals surface area contributed by atoms with E-state index in [-0.39, 0.29) is 23.2 Å². The summed E-state index contributed by atoms with van der Waals surface area (Å²) in [6.07, 6.45) is 0.529. The fraction of sp³-hybridized carbons (Fsp3) is 0.0800. The summed E-state index contributed by atoms with van der Waals surface area (Å²) >= 11 is 9.55. The average Bonchev–Trinajstić information content (AvgIpc) is 3.03. The highest BCUT2D eigenvalue weighted by atomic mass is 79.9. The molecule has 2 N–H and O–H groups in total. The lowest BCUT2D eigenvalue weighted by Crippen LogP contribution is -2.34. The van der Waals surface area contributed by atoms with Gasteiger partial charge < -0.3 is 10.6 Å². The molecular formula is C25H19BrClN3O3. The predicted octanol–water partition coefficient (Wildman–Crippen LogP) is 5.18. The van der Waals surface area contributed by atoms with Gasteiger partial charge in [0.15, 0.2) is 0 Å². The van der Waals surface area contributed by atoms with Gasteiger partial charge in [-0.3, -0.25) is 19.3 Å². The highest BCUT2D eigenvalue weighted by Gasteiger charge is 2.37. The van der Waals surface area contributed by atoms with Gasteiger partial charge in [-0.05, 0) is 54.4 Å². The zero-order valence-electron chi connectivity index (χ0n) is 17.3. The Kier molecular flexibility index (Phi) is 6.91. The maximum Gasteiger partial charge on any atom is 0.278 e. The first-order valence-electron chi connectivity index (χ1n) is 10.2. The maximum atomic E-state index is 12.9. The quantitative estimate of drug-likeness (QED) is 0.418. The van der Waals surface area contributed by atoms with Gasteiger partial charge in [0, 0.05) is 28.0 Å². The zero-order valence-corrected chi connectivity index (χ0v) is 19.7. The Labute approximate surface area is 204 Å². The maximum absolute atomic E-state index is 12.9. The molecule has 3 aromatic carbocycles. The second kappa shape index (κ2) is 10.0. The van der Waals surface area contributed by atoms with Crippen LogP contribution in [0.1, 0.15) is 15.9 Å². The van der Waals surface area contributed by atoms with E-state index in [1.165, 1.54) is 0 Å². The van der Waals surface area contributed by atoms with Crippen LogP contribution in [0.3, 0.4) is 0 Å². The van der Waals surface area contributed by atoms with E-state index in [9.17, 15) is 14.4 Å². The molecule has 0 saturated carbocycles. The lowest BCUT2D eigenvalue weighted by molar-refractivity contribution is -0.137. The van der Waals surface area contributed by atoms with Crippen LogP contribution in [0.15, 0.2) is 94.1 Å². The monoisotopic (exact) mass is 523 g/mol. The minimum absolute atomic E-state index is 0.000182. The largest absolute Gasteiger partial charge is 0.350 e. The van der Waals surface area contributed by atoms with Gasteiger partial charge in [0.2, 0.25) is 0 Å². The van der Waals surface area contributed by atoms with Crippen LogP contribution in [0.4, 0.5) is 11.4 Å². The van der Waals surface area contributed by atoms with Gasteiger partial charge >= 0.3 is 0 Å². The van der Waals surface area contributed by atoms with Crippen molar-refractivity contribution in [2.24, 2.45) is 0 Å². The topological polar surface area (TPSA) is 78.5 Å². The number of hydrogen-bond donors (Lipinski definition) is 2. The molecule has 0 saturated heterocycles. The van der Waals surface area contributed by atoms with Crippen LogP contribution in [-0.4, -0.2) is 29.2 Å². The van der Waals surface area contributed by atoms with Crippen LogP contribution in [0.5, 0.6) is 0 Å². The van der Waals surface area contributed by atoms with Crippen molar-refractivity contribution in [1.29, 1.82) is 0 Å². The molecule has 1 aliphatic rings. The molecule has 0 aliphatic carbocycles. The van der Waals surface area contributed by atoms with E-state index in [1.54, 1.807) is 36.4 Å². The number of carbonyl (C=O) groups is 3. The van der Waals surface area contributed by atoms with E-state index >= 15 is 0 Å². The summed E-state index contributed by atoms with van der Waals surface area (Å²) in [5.41, 5.74) is 2.52. The Hall–Kier alpha value is -3.42. The van der Waals surface area contributed by atoms with Crippen LogP contribution in [0, 0.1) is 0 Å². The molecule has 166 valence electrons. The minimum atomic E-state index is -0.538. The van der Waals surface area contributed by atoms with Gasteiger partial charge in [-0.2, -0.15) is 0 Å². The molecule has 0 radical (unpaired) electrons. The van der Waals surface area contributed by atoms with E-state index in [0.717, 1.165) is 14.9 Å².